The lowest BCUT2D eigenvalue weighted by Gasteiger charge is -2.03. The number of nitrogens with one attached hydrogen (secondary N) is 1. The molecule has 5 nitrogen and oxygen atoms in total. The average molecular weight is 261 g/mol. The Kier molecular flexibility index (Phi) is 5.88. The first-order valence-corrected chi connectivity index (χ1v) is 5.53. The minimum absolute atomic E-state index is 0.205. The SMILES string of the molecule is COC(=O)/C=C/C(=C\Nc1ccccc1)C(=O)OC. The molecule has 1 aromatic rings. The molecule has 5 heteroatoms. The number of hydrogen-bond donors (Lipinski definition) is 1. The zero-order valence-electron chi connectivity index (χ0n) is 10.8. The van der Waals surface area contributed by atoms with Gasteiger partial charge in [-0.3, -0.25) is 0 Å². The molecule has 0 unspecified atom stereocenters. The van der Waals surface area contributed by atoms with E-state index in [4.69, 9.17) is 0 Å². The summed E-state index contributed by atoms with van der Waals surface area (Å²) >= 11 is 0. The zero-order chi connectivity index (χ0) is 14.1. The fraction of sp³-hybridized carbons (Fsp3) is 0.143. The van der Waals surface area contributed by atoms with Crippen molar-refractivity contribution >= 4 is 17.6 Å². The number of carbonyl (C=O) groups is 2. The maximum absolute atomic E-state index is 11.5. The molecule has 0 radical (unpaired) electrons. The number of benzene rings is 1. The molecule has 0 aromatic heterocycles. The summed E-state index contributed by atoms with van der Waals surface area (Å²) in [5.74, 6) is -1.10. The molecule has 0 fully saturated rings. The van der Waals surface area contributed by atoms with Crippen LogP contribution in [0.1, 0.15) is 0 Å². The lowest BCUT2D eigenvalue weighted by molar-refractivity contribution is -0.135. The van der Waals surface area contributed by atoms with E-state index in [1.807, 2.05) is 30.3 Å². The van der Waals surface area contributed by atoms with Crippen molar-refractivity contribution in [1.29, 1.82) is 0 Å². The first-order chi connectivity index (χ1) is 9.17. The van der Waals surface area contributed by atoms with Gasteiger partial charge in [0.25, 0.3) is 0 Å². The van der Waals surface area contributed by atoms with Gasteiger partial charge in [0.1, 0.15) is 0 Å². The highest BCUT2D eigenvalue weighted by atomic mass is 16.5. The number of rotatable bonds is 5. The summed E-state index contributed by atoms with van der Waals surface area (Å²) in [7, 11) is 2.53. The van der Waals surface area contributed by atoms with Crippen LogP contribution in [0, 0.1) is 0 Å². The van der Waals surface area contributed by atoms with Crippen LogP contribution < -0.4 is 5.32 Å². The molecule has 1 N–H and O–H groups in total. The smallest absolute Gasteiger partial charge is 0.339 e. The second-order valence-electron chi connectivity index (χ2n) is 3.46. The van der Waals surface area contributed by atoms with Crippen molar-refractivity contribution in [3.8, 4) is 0 Å². The Morgan fingerprint density at radius 2 is 1.74 bits per heavy atom. The van der Waals surface area contributed by atoms with Gasteiger partial charge in [-0.15, -0.1) is 0 Å². The number of ether oxygens (including phenoxy) is 2. The Balaban J connectivity index is 2.82. The average Bonchev–Trinajstić information content (AvgIpc) is 2.47. The van der Waals surface area contributed by atoms with Gasteiger partial charge in [-0.1, -0.05) is 18.2 Å². The molecule has 1 aromatic carbocycles. The van der Waals surface area contributed by atoms with E-state index in [9.17, 15) is 9.59 Å². The van der Waals surface area contributed by atoms with Crippen molar-refractivity contribution in [2.45, 2.75) is 0 Å². The molecule has 0 aliphatic carbocycles. The summed E-state index contributed by atoms with van der Waals surface area (Å²) in [4.78, 5) is 22.5. The van der Waals surface area contributed by atoms with E-state index in [1.54, 1.807) is 0 Å². The number of anilines is 1. The van der Waals surface area contributed by atoms with Gasteiger partial charge in [0.05, 0.1) is 19.8 Å². The van der Waals surface area contributed by atoms with Crippen LogP contribution in [0.25, 0.3) is 0 Å². The lowest BCUT2D eigenvalue weighted by atomic mass is 10.2. The maximum Gasteiger partial charge on any atom is 0.339 e. The van der Waals surface area contributed by atoms with Gasteiger partial charge < -0.3 is 14.8 Å². The maximum atomic E-state index is 11.5. The highest BCUT2D eigenvalue weighted by molar-refractivity contribution is 5.94. The number of esters is 2. The van der Waals surface area contributed by atoms with E-state index < -0.39 is 11.9 Å². The van der Waals surface area contributed by atoms with E-state index >= 15 is 0 Å². The van der Waals surface area contributed by atoms with Crippen LogP contribution in [0.4, 0.5) is 5.69 Å². The molecule has 0 heterocycles. The van der Waals surface area contributed by atoms with Crippen LogP contribution in [0.2, 0.25) is 0 Å². The van der Waals surface area contributed by atoms with E-state index in [0.717, 1.165) is 11.8 Å². The molecule has 0 aliphatic rings. The summed E-state index contributed by atoms with van der Waals surface area (Å²) in [6.45, 7) is 0. The summed E-state index contributed by atoms with van der Waals surface area (Å²) in [5, 5.41) is 2.94. The second-order valence-corrected chi connectivity index (χ2v) is 3.46. The molecule has 100 valence electrons. The second kappa shape index (κ2) is 7.71. The molecular weight excluding hydrogens is 246 g/mol. The van der Waals surface area contributed by atoms with Gasteiger partial charge in [0.2, 0.25) is 0 Å². The Morgan fingerprint density at radius 1 is 1.05 bits per heavy atom. The monoisotopic (exact) mass is 261 g/mol. The minimum Gasteiger partial charge on any atom is -0.466 e. The highest BCUT2D eigenvalue weighted by Crippen LogP contribution is 2.07. The van der Waals surface area contributed by atoms with Crippen LogP contribution >= 0.6 is 0 Å². The van der Waals surface area contributed by atoms with E-state index in [-0.39, 0.29) is 5.57 Å². The number of hydrogen-bond acceptors (Lipinski definition) is 5. The third kappa shape index (κ3) is 5.08. The summed E-state index contributed by atoms with van der Waals surface area (Å²) < 4.78 is 9.07. The normalized spacial score (nSPS) is 11.2. The summed E-state index contributed by atoms with van der Waals surface area (Å²) in [5.41, 5.74) is 1.02. The van der Waals surface area contributed by atoms with Gasteiger partial charge in [0, 0.05) is 18.0 Å². The number of para-hydroxylation sites is 1. The Labute approximate surface area is 111 Å². The van der Waals surface area contributed by atoms with Crippen LogP contribution in [0.15, 0.2) is 54.3 Å². The predicted octanol–water partition coefficient (Wildman–Crippen LogP) is 1.88. The number of methoxy groups -OCH3 is 2. The van der Waals surface area contributed by atoms with Crippen molar-refractivity contribution in [2.75, 3.05) is 19.5 Å². The molecule has 0 spiro atoms. The summed E-state index contributed by atoms with van der Waals surface area (Å²) in [6.07, 6.45) is 3.93. The molecule has 0 bridgehead atoms. The topological polar surface area (TPSA) is 64.6 Å². The van der Waals surface area contributed by atoms with E-state index in [2.05, 4.69) is 14.8 Å². The molecule has 0 saturated carbocycles. The van der Waals surface area contributed by atoms with Gasteiger partial charge in [-0.25, -0.2) is 9.59 Å². The first kappa shape index (κ1) is 14.5. The largest absolute Gasteiger partial charge is 0.466 e. The molecule has 0 amide bonds. The lowest BCUT2D eigenvalue weighted by Crippen LogP contribution is -2.06. The van der Waals surface area contributed by atoms with Crippen molar-refractivity contribution in [3.63, 3.8) is 0 Å². The third-order valence-corrected chi connectivity index (χ3v) is 2.19. The molecule has 0 saturated heterocycles. The number of carbonyl (C=O) groups excluding carboxylic acids is 2. The van der Waals surface area contributed by atoms with Gasteiger partial charge in [0.15, 0.2) is 0 Å². The van der Waals surface area contributed by atoms with Crippen molar-refractivity contribution in [1.82, 2.24) is 0 Å². The Bertz CT molecular complexity index is 491. The van der Waals surface area contributed by atoms with Gasteiger partial charge >= 0.3 is 11.9 Å². The molecule has 19 heavy (non-hydrogen) atoms. The Morgan fingerprint density at radius 3 is 2.32 bits per heavy atom. The van der Waals surface area contributed by atoms with Crippen molar-refractivity contribution in [3.05, 3.63) is 54.3 Å². The Hall–Kier alpha value is -2.56. The third-order valence-electron chi connectivity index (χ3n) is 2.19. The molecular formula is C14H15NO4. The first-order valence-electron chi connectivity index (χ1n) is 5.53. The van der Waals surface area contributed by atoms with Crippen LogP contribution in [0.3, 0.4) is 0 Å². The van der Waals surface area contributed by atoms with Crippen molar-refractivity contribution < 1.29 is 19.1 Å². The fourth-order valence-electron chi connectivity index (χ4n) is 1.21. The fourth-order valence-corrected chi connectivity index (χ4v) is 1.21. The summed E-state index contributed by atoms with van der Waals surface area (Å²) in [6, 6.07) is 9.29. The van der Waals surface area contributed by atoms with E-state index in [1.165, 1.54) is 26.5 Å². The quantitative estimate of drug-likeness (QED) is 0.498. The molecule has 0 atom stereocenters. The van der Waals surface area contributed by atoms with Crippen LogP contribution in [-0.2, 0) is 19.1 Å². The van der Waals surface area contributed by atoms with Crippen LogP contribution in [0.5, 0.6) is 0 Å². The van der Waals surface area contributed by atoms with Gasteiger partial charge in [-0.2, -0.15) is 0 Å². The van der Waals surface area contributed by atoms with E-state index in [0.29, 0.717) is 0 Å². The highest BCUT2D eigenvalue weighted by Gasteiger charge is 2.06. The zero-order valence-corrected chi connectivity index (χ0v) is 10.8. The molecule has 0 aliphatic heterocycles. The van der Waals surface area contributed by atoms with Gasteiger partial charge in [-0.05, 0) is 18.2 Å². The molecule has 1 rings (SSSR count). The minimum atomic E-state index is -0.552. The van der Waals surface area contributed by atoms with Crippen molar-refractivity contribution in [2.24, 2.45) is 0 Å². The standard InChI is InChI=1S/C14H15NO4/c1-18-13(16)9-8-11(14(17)19-2)10-15-12-6-4-3-5-7-12/h3-10,15H,1-2H3/b9-8+,11-10+. The van der Waals surface area contributed by atoms with Crippen LogP contribution in [-0.4, -0.2) is 26.2 Å². The predicted molar refractivity (Wildman–Crippen MR) is 71.3 cm³/mol.